The Morgan fingerprint density at radius 2 is 2.05 bits per heavy atom. The molecule has 1 aromatic heterocycles. The lowest BCUT2D eigenvalue weighted by molar-refractivity contribution is -0.384. The van der Waals surface area contributed by atoms with Gasteiger partial charge in [0.2, 0.25) is 0 Å². The van der Waals surface area contributed by atoms with Gasteiger partial charge in [-0.3, -0.25) is 10.1 Å². The largest absolute Gasteiger partial charge is 0.338 e. The summed E-state index contributed by atoms with van der Waals surface area (Å²) in [6, 6.07) is 10.2. The first-order valence-electron chi connectivity index (χ1n) is 5.95. The minimum atomic E-state index is -0.428. The van der Waals surface area contributed by atoms with Crippen LogP contribution in [0.5, 0.6) is 0 Å². The van der Waals surface area contributed by atoms with Crippen LogP contribution in [0, 0.1) is 17.0 Å². The van der Waals surface area contributed by atoms with Gasteiger partial charge in [0, 0.05) is 22.7 Å². The predicted octanol–water partition coefficient (Wildman–Crippen LogP) is 4.10. The Morgan fingerprint density at radius 3 is 2.75 bits per heavy atom. The van der Waals surface area contributed by atoms with Crippen molar-refractivity contribution in [2.24, 2.45) is 0 Å². The molecule has 0 aliphatic carbocycles. The first-order valence-corrected chi connectivity index (χ1v) is 6.33. The van der Waals surface area contributed by atoms with Crippen LogP contribution in [-0.2, 0) is 0 Å². The van der Waals surface area contributed by atoms with Gasteiger partial charge in [-0.15, -0.1) is 0 Å². The molecule has 6 heteroatoms. The summed E-state index contributed by atoms with van der Waals surface area (Å²) in [6.45, 7) is 1.92. The summed E-state index contributed by atoms with van der Waals surface area (Å²) in [5.41, 5.74) is 3.18. The topological polar surface area (TPSA) is 71.8 Å². The smallest absolute Gasteiger partial charge is 0.271 e. The normalized spacial score (nSPS) is 10.9. The molecule has 0 radical (unpaired) electrons. The zero-order chi connectivity index (χ0) is 14.3. The summed E-state index contributed by atoms with van der Waals surface area (Å²) >= 11 is 6.10. The van der Waals surface area contributed by atoms with E-state index in [2.05, 4.69) is 9.97 Å². The highest BCUT2D eigenvalue weighted by molar-refractivity contribution is 6.31. The van der Waals surface area contributed by atoms with Crippen molar-refractivity contribution in [1.82, 2.24) is 9.97 Å². The van der Waals surface area contributed by atoms with Gasteiger partial charge in [-0.25, -0.2) is 4.98 Å². The molecule has 5 nitrogen and oxygen atoms in total. The summed E-state index contributed by atoms with van der Waals surface area (Å²) in [7, 11) is 0. The molecule has 2 aromatic carbocycles. The van der Waals surface area contributed by atoms with Crippen LogP contribution in [0.15, 0.2) is 36.4 Å². The zero-order valence-electron chi connectivity index (χ0n) is 10.6. The molecule has 3 rings (SSSR count). The van der Waals surface area contributed by atoms with Crippen LogP contribution in [0.2, 0.25) is 5.02 Å². The van der Waals surface area contributed by atoms with Crippen molar-refractivity contribution in [2.75, 3.05) is 0 Å². The maximum atomic E-state index is 10.8. The molecule has 0 spiro atoms. The van der Waals surface area contributed by atoms with Gasteiger partial charge < -0.3 is 4.98 Å². The van der Waals surface area contributed by atoms with E-state index in [0.29, 0.717) is 21.9 Å². The second-order valence-corrected chi connectivity index (χ2v) is 4.92. The van der Waals surface area contributed by atoms with E-state index in [1.54, 1.807) is 6.07 Å². The second-order valence-electron chi connectivity index (χ2n) is 4.51. The van der Waals surface area contributed by atoms with Crippen molar-refractivity contribution in [1.29, 1.82) is 0 Å². The molecule has 0 fully saturated rings. The molecule has 0 unspecified atom stereocenters. The fraction of sp³-hybridized carbons (Fsp3) is 0.0714. The molecule has 20 heavy (non-hydrogen) atoms. The van der Waals surface area contributed by atoms with E-state index >= 15 is 0 Å². The van der Waals surface area contributed by atoms with E-state index in [1.807, 2.05) is 25.1 Å². The quantitative estimate of drug-likeness (QED) is 0.570. The number of aromatic nitrogens is 2. The highest BCUT2D eigenvalue weighted by Crippen LogP contribution is 2.26. The molecular formula is C14H10ClN3O2. The van der Waals surface area contributed by atoms with Crippen LogP contribution < -0.4 is 0 Å². The van der Waals surface area contributed by atoms with Gasteiger partial charge in [0.15, 0.2) is 0 Å². The summed E-state index contributed by atoms with van der Waals surface area (Å²) in [5, 5.41) is 11.4. The lowest BCUT2D eigenvalue weighted by Crippen LogP contribution is -1.86. The average Bonchev–Trinajstić information content (AvgIpc) is 2.84. The van der Waals surface area contributed by atoms with Crippen LogP contribution in [0.25, 0.3) is 22.4 Å². The minimum Gasteiger partial charge on any atom is -0.338 e. The van der Waals surface area contributed by atoms with Crippen LogP contribution in [0.1, 0.15) is 5.56 Å². The van der Waals surface area contributed by atoms with Crippen LogP contribution in [0.4, 0.5) is 5.69 Å². The third-order valence-electron chi connectivity index (χ3n) is 3.12. The number of aromatic amines is 1. The van der Waals surface area contributed by atoms with Crippen LogP contribution >= 0.6 is 11.6 Å². The number of fused-ring (bicyclic) bond motifs is 1. The number of imidazole rings is 1. The molecule has 1 N–H and O–H groups in total. The lowest BCUT2D eigenvalue weighted by atomic mass is 10.1. The van der Waals surface area contributed by atoms with Gasteiger partial charge >= 0.3 is 0 Å². The number of H-pyrrole nitrogens is 1. The van der Waals surface area contributed by atoms with E-state index in [1.165, 1.54) is 12.1 Å². The van der Waals surface area contributed by atoms with E-state index < -0.39 is 4.92 Å². The number of halogens is 1. The number of rotatable bonds is 2. The molecule has 0 aliphatic heterocycles. The lowest BCUT2D eigenvalue weighted by Gasteiger charge is -2.00. The molecule has 0 amide bonds. The molecular weight excluding hydrogens is 278 g/mol. The molecule has 0 saturated carbocycles. The Morgan fingerprint density at radius 1 is 1.25 bits per heavy atom. The van der Waals surface area contributed by atoms with Gasteiger partial charge in [-0.2, -0.15) is 0 Å². The van der Waals surface area contributed by atoms with E-state index in [-0.39, 0.29) is 5.69 Å². The van der Waals surface area contributed by atoms with Gasteiger partial charge in [-0.05, 0) is 24.6 Å². The monoisotopic (exact) mass is 287 g/mol. The average molecular weight is 288 g/mol. The summed E-state index contributed by atoms with van der Waals surface area (Å²) in [4.78, 5) is 17.8. The van der Waals surface area contributed by atoms with Gasteiger partial charge in [-0.1, -0.05) is 23.7 Å². The van der Waals surface area contributed by atoms with Crippen molar-refractivity contribution >= 4 is 28.3 Å². The minimum absolute atomic E-state index is 0.0367. The molecule has 0 aliphatic rings. The van der Waals surface area contributed by atoms with Crippen molar-refractivity contribution in [3.05, 3.63) is 57.1 Å². The summed E-state index contributed by atoms with van der Waals surface area (Å²) in [5.74, 6) is 0.641. The van der Waals surface area contributed by atoms with Crippen molar-refractivity contribution in [2.45, 2.75) is 6.92 Å². The predicted molar refractivity (Wildman–Crippen MR) is 77.9 cm³/mol. The van der Waals surface area contributed by atoms with E-state index in [9.17, 15) is 10.1 Å². The Balaban J connectivity index is 2.12. The Hall–Kier alpha value is -2.40. The molecule has 3 aromatic rings. The first kappa shape index (κ1) is 12.6. The SMILES string of the molecule is Cc1ccc(-c2nc3ccc([N+](=O)[O-])cc3[nH]2)cc1Cl. The highest BCUT2D eigenvalue weighted by atomic mass is 35.5. The number of aryl methyl sites for hydroxylation is 1. The fourth-order valence-electron chi connectivity index (χ4n) is 1.99. The molecule has 1 heterocycles. The fourth-order valence-corrected chi connectivity index (χ4v) is 2.17. The van der Waals surface area contributed by atoms with Gasteiger partial charge in [0.25, 0.3) is 5.69 Å². The summed E-state index contributed by atoms with van der Waals surface area (Å²) < 4.78 is 0. The number of nitro groups is 1. The highest BCUT2D eigenvalue weighted by Gasteiger charge is 2.11. The van der Waals surface area contributed by atoms with Crippen molar-refractivity contribution in [3.63, 3.8) is 0 Å². The summed E-state index contributed by atoms with van der Waals surface area (Å²) in [6.07, 6.45) is 0. The van der Waals surface area contributed by atoms with Crippen molar-refractivity contribution < 1.29 is 4.92 Å². The molecule has 0 atom stereocenters. The number of nitro benzene ring substituents is 1. The first-order chi connectivity index (χ1) is 9.54. The van der Waals surface area contributed by atoms with Crippen LogP contribution in [0.3, 0.4) is 0 Å². The Bertz CT molecular complexity index is 826. The second kappa shape index (κ2) is 4.61. The van der Waals surface area contributed by atoms with E-state index in [0.717, 1.165) is 11.1 Å². The van der Waals surface area contributed by atoms with E-state index in [4.69, 9.17) is 11.6 Å². The standard InChI is InChI=1S/C14H10ClN3O2/c1-8-2-3-9(6-11(8)15)14-16-12-5-4-10(18(19)20)7-13(12)17-14/h2-7H,1H3,(H,16,17). The number of nitrogens with one attached hydrogen (secondary N) is 1. The molecule has 100 valence electrons. The zero-order valence-corrected chi connectivity index (χ0v) is 11.3. The number of hydrogen-bond donors (Lipinski definition) is 1. The third kappa shape index (κ3) is 2.12. The number of benzene rings is 2. The number of hydrogen-bond acceptors (Lipinski definition) is 3. The maximum Gasteiger partial charge on any atom is 0.271 e. The Kier molecular flexibility index (Phi) is 2.91. The number of non-ortho nitro benzene ring substituents is 1. The molecule has 0 bridgehead atoms. The van der Waals surface area contributed by atoms with Crippen LogP contribution in [-0.4, -0.2) is 14.9 Å². The van der Waals surface area contributed by atoms with Gasteiger partial charge in [0.1, 0.15) is 5.82 Å². The van der Waals surface area contributed by atoms with Gasteiger partial charge in [0.05, 0.1) is 16.0 Å². The Labute approximate surface area is 119 Å². The molecule has 0 saturated heterocycles. The maximum absolute atomic E-state index is 10.8. The number of nitrogens with zero attached hydrogens (tertiary/aromatic N) is 2. The van der Waals surface area contributed by atoms with Crippen molar-refractivity contribution in [3.8, 4) is 11.4 Å². The third-order valence-corrected chi connectivity index (χ3v) is 3.53.